The molecule has 1 unspecified atom stereocenters. The maximum Gasteiger partial charge on any atom is 0.158 e. The van der Waals surface area contributed by atoms with Crippen LogP contribution in [0.15, 0.2) is 45.5 Å². The van der Waals surface area contributed by atoms with Gasteiger partial charge < -0.3 is 10.0 Å². The summed E-state index contributed by atoms with van der Waals surface area (Å²) in [6, 6.07) is 7.72. The van der Waals surface area contributed by atoms with Crippen molar-refractivity contribution in [2.24, 2.45) is 10.3 Å². The topological polar surface area (TPSA) is 67.1 Å². The summed E-state index contributed by atoms with van der Waals surface area (Å²) in [5, 5.41) is 18.3. The lowest BCUT2D eigenvalue weighted by Gasteiger charge is -2.13. The van der Waals surface area contributed by atoms with Crippen LogP contribution in [0.3, 0.4) is 0 Å². The largest absolute Gasteiger partial charge is 0.411 e. The molecule has 0 bridgehead atoms. The summed E-state index contributed by atoms with van der Waals surface area (Å²) in [4.78, 5) is 9.77. The monoisotopic (exact) mass is 287 g/mol. The van der Waals surface area contributed by atoms with Gasteiger partial charge in [-0.05, 0) is 6.92 Å². The zero-order chi connectivity index (χ0) is 13.9. The first-order valence-corrected chi connectivity index (χ1v) is 7.13. The number of nitrogens with zero attached hydrogens (tertiary/aromatic N) is 3. The molecule has 0 aliphatic carbocycles. The number of hydrogen-bond donors (Lipinski definition) is 1. The van der Waals surface area contributed by atoms with Crippen molar-refractivity contribution in [3.05, 3.63) is 52.0 Å². The molecule has 1 aromatic heterocycles. The second-order valence-electron chi connectivity index (χ2n) is 4.48. The van der Waals surface area contributed by atoms with Crippen molar-refractivity contribution in [2.75, 3.05) is 0 Å². The Labute approximate surface area is 120 Å². The fourth-order valence-electron chi connectivity index (χ4n) is 2.21. The summed E-state index contributed by atoms with van der Waals surface area (Å²) in [6.07, 6.45) is 0.499. The highest BCUT2D eigenvalue weighted by molar-refractivity contribution is 7.07. The summed E-state index contributed by atoms with van der Waals surface area (Å²) in [6.45, 7) is 1.76. The van der Waals surface area contributed by atoms with Gasteiger partial charge in [-0.2, -0.15) is 0 Å². The van der Waals surface area contributed by atoms with Crippen LogP contribution in [0.25, 0.3) is 0 Å². The van der Waals surface area contributed by atoms with Gasteiger partial charge in [0.1, 0.15) is 5.71 Å². The first kappa shape index (κ1) is 12.8. The SMILES string of the molecule is CC(=NO)c1ccccc1C1CC(c2cscn2)=NO1. The van der Waals surface area contributed by atoms with Crippen molar-refractivity contribution < 1.29 is 10.0 Å². The van der Waals surface area contributed by atoms with E-state index in [1.165, 1.54) is 11.3 Å². The molecule has 0 spiro atoms. The lowest BCUT2D eigenvalue weighted by Crippen LogP contribution is -2.07. The van der Waals surface area contributed by atoms with Crippen LogP contribution in [-0.4, -0.2) is 21.6 Å². The highest BCUT2D eigenvalue weighted by atomic mass is 32.1. The van der Waals surface area contributed by atoms with Crippen molar-refractivity contribution >= 4 is 22.8 Å². The molecule has 20 heavy (non-hydrogen) atoms. The van der Waals surface area contributed by atoms with Crippen LogP contribution in [0.2, 0.25) is 0 Å². The van der Waals surface area contributed by atoms with E-state index in [0.29, 0.717) is 12.1 Å². The number of benzene rings is 1. The van der Waals surface area contributed by atoms with E-state index in [1.54, 1.807) is 12.4 Å². The molecule has 1 aliphatic heterocycles. The van der Waals surface area contributed by atoms with Crippen LogP contribution in [0.5, 0.6) is 0 Å². The van der Waals surface area contributed by atoms with Gasteiger partial charge in [0.05, 0.1) is 16.9 Å². The Bertz CT molecular complexity index is 665. The van der Waals surface area contributed by atoms with Gasteiger partial charge in [-0.3, -0.25) is 0 Å². The second kappa shape index (κ2) is 5.42. The van der Waals surface area contributed by atoms with Crippen molar-refractivity contribution in [3.63, 3.8) is 0 Å². The standard InChI is InChI=1S/C14H13N3O2S/c1-9(16-18)10-4-2-3-5-11(10)14-6-12(17-19-14)13-7-20-8-15-13/h2-5,7-8,14,18H,6H2,1H3. The highest BCUT2D eigenvalue weighted by Gasteiger charge is 2.27. The molecule has 2 aromatic rings. The highest BCUT2D eigenvalue weighted by Crippen LogP contribution is 2.31. The lowest BCUT2D eigenvalue weighted by molar-refractivity contribution is 0.0856. The maximum atomic E-state index is 8.97. The molecule has 0 amide bonds. The second-order valence-corrected chi connectivity index (χ2v) is 5.20. The van der Waals surface area contributed by atoms with Crippen molar-refractivity contribution in [3.8, 4) is 0 Å². The van der Waals surface area contributed by atoms with Crippen LogP contribution in [-0.2, 0) is 4.84 Å². The quantitative estimate of drug-likeness (QED) is 0.535. The third-order valence-corrected chi connectivity index (χ3v) is 3.83. The van der Waals surface area contributed by atoms with Gasteiger partial charge in [0.2, 0.25) is 0 Å². The third kappa shape index (κ3) is 2.30. The van der Waals surface area contributed by atoms with E-state index >= 15 is 0 Å². The number of thiazole rings is 1. The van der Waals surface area contributed by atoms with E-state index in [4.69, 9.17) is 10.0 Å². The Hall–Kier alpha value is -2.21. The van der Waals surface area contributed by atoms with E-state index < -0.39 is 0 Å². The molecule has 1 N–H and O–H groups in total. The van der Waals surface area contributed by atoms with Crippen LogP contribution in [0, 0.1) is 0 Å². The molecule has 6 heteroatoms. The van der Waals surface area contributed by atoms with E-state index in [-0.39, 0.29) is 6.10 Å². The van der Waals surface area contributed by atoms with Crippen molar-refractivity contribution in [1.82, 2.24) is 4.98 Å². The van der Waals surface area contributed by atoms with Crippen LogP contribution >= 0.6 is 11.3 Å². The van der Waals surface area contributed by atoms with Crippen LogP contribution in [0.1, 0.15) is 36.3 Å². The normalized spacial score (nSPS) is 18.8. The van der Waals surface area contributed by atoms with Gasteiger partial charge in [0, 0.05) is 22.9 Å². The Morgan fingerprint density at radius 2 is 2.30 bits per heavy atom. The molecule has 1 aliphatic rings. The fourth-order valence-corrected chi connectivity index (χ4v) is 2.77. The minimum Gasteiger partial charge on any atom is -0.411 e. The summed E-state index contributed by atoms with van der Waals surface area (Å²) in [7, 11) is 0. The van der Waals surface area contributed by atoms with Gasteiger partial charge in [0.15, 0.2) is 6.10 Å². The minimum atomic E-state index is -0.167. The molecule has 0 saturated heterocycles. The molecule has 1 atom stereocenters. The predicted molar refractivity (Wildman–Crippen MR) is 77.5 cm³/mol. The number of aromatic nitrogens is 1. The Balaban J connectivity index is 1.87. The molecule has 1 aromatic carbocycles. The average Bonchev–Trinajstić information content (AvgIpc) is 3.17. The Morgan fingerprint density at radius 3 is 3.05 bits per heavy atom. The van der Waals surface area contributed by atoms with Gasteiger partial charge in [0.25, 0.3) is 0 Å². The lowest BCUT2D eigenvalue weighted by atomic mass is 9.96. The first-order chi connectivity index (χ1) is 9.79. The summed E-state index contributed by atoms with van der Waals surface area (Å²) >= 11 is 1.54. The van der Waals surface area contributed by atoms with Crippen molar-refractivity contribution in [1.29, 1.82) is 0 Å². The summed E-state index contributed by atoms with van der Waals surface area (Å²) in [5.41, 5.74) is 5.90. The van der Waals surface area contributed by atoms with E-state index in [2.05, 4.69) is 15.3 Å². The zero-order valence-electron chi connectivity index (χ0n) is 10.9. The average molecular weight is 287 g/mol. The van der Waals surface area contributed by atoms with Gasteiger partial charge in [-0.1, -0.05) is 34.6 Å². The molecule has 2 heterocycles. The maximum absolute atomic E-state index is 8.97. The zero-order valence-corrected chi connectivity index (χ0v) is 11.7. The van der Waals surface area contributed by atoms with Crippen LogP contribution < -0.4 is 0 Å². The molecule has 102 valence electrons. The number of hydrogen-bond acceptors (Lipinski definition) is 6. The molecule has 3 rings (SSSR count). The summed E-state index contributed by atoms with van der Waals surface area (Å²) in [5.74, 6) is 0. The molecule has 0 saturated carbocycles. The fraction of sp³-hybridized carbons (Fsp3) is 0.214. The minimum absolute atomic E-state index is 0.167. The van der Waals surface area contributed by atoms with E-state index in [9.17, 15) is 0 Å². The molecule has 0 fully saturated rings. The summed E-state index contributed by atoms with van der Waals surface area (Å²) < 4.78 is 0. The Morgan fingerprint density at radius 1 is 1.45 bits per heavy atom. The third-order valence-electron chi connectivity index (χ3n) is 3.24. The van der Waals surface area contributed by atoms with Gasteiger partial charge >= 0.3 is 0 Å². The molecular formula is C14H13N3O2S. The van der Waals surface area contributed by atoms with E-state index in [1.807, 2.05) is 29.6 Å². The van der Waals surface area contributed by atoms with Gasteiger partial charge in [-0.15, -0.1) is 11.3 Å². The molecular weight excluding hydrogens is 274 g/mol. The van der Waals surface area contributed by atoms with Crippen molar-refractivity contribution in [2.45, 2.75) is 19.4 Å². The van der Waals surface area contributed by atoms with E-state index in [0.717, 1.165) is 22.5 Å². The smallest absolute Gasteiger partial charge is 0.158 e. The van der Waals surface area contributed by atoms with Gasteiger partial charge in [-0.25, -0.2) is 4.98 Å². The van der Waals surface area contributed by atoms with Crippen LogP contribution in [0.4, 0.5) is 0 Å². The first-order valence-electron chi connectivity index (χ1n) is 6.19. The predicted octanol–water partition coefficient (Wildman–Crippen LogP) is 3.21. The Kier molecular flexibility index (Phi) is 3.47. The number of rotatable bonds is 3. The molecule has 5 nitrogen and oxygen atoms in total. The number of oxime groups is 2. The molecule has 0 radical (unpaired) electrons.